The highest BCUT2D eigenvalue weighted by molar-refractivity contribution is 6.32. The number of aromatic carboxylic acids is 1. The number of aliphatic hydroxyl groups is 1. The molecule has 0 aliphatic heterocycles. The summed E-state index contributed by atoms with van der Waals surface area (Å²) in [6.07, 6.45) is 1.30. The molecule has 108 valence electrons. The van der Waals surface area contributed by atoms with Crippen LogP contribution in [0.3, 0.4) is 0 Å². The molecule has 0 spiro atoms. The number of benzene rings is 1. The van der Waals surface area contributed by atoms with Crippen LogP contribution >= 0.6 is 24.0 Å². The van der Waals surface area contributed by atoms with Gasteiger partial charge in [0.2, 0.25) is 0 Å². The third kappa shape index (κ3) is 2.95. The third-order valence-corrected chi connectivity index (χ3v) is 3.28. The number of rotatable bonds is 4. The van der Waals surface area contributed by atoms with E-state index in [9.17, 15) is 9.90 Å². The summed E-state index contributed by atoms with van der Waals surface area (Å²) in [5.74, 6) is -1.07. The number of halogens is 2. The molecule has 2 rings (SSSR count). The summed E-state index contributed by atoms with van der Waals surface area (Å²) in [6, 6.07) is 3.43. The Morgan fingerprint density at radius 1 is 1.45 bits per heavy atom. The number of nitrogens with one attached hydrogen (secondary N) is 1. The molecule has 0 aliphatic rings. The molecule has 0 amide bonds. The molecule has 2 aromatic rings. The van der Waals surface area contributed by atoms with Gasteiger partial charge in [0.15, 0.2) is 0 Å². The van der Waals surface area contributed by atoms with Crippen molar-refractivity contribution in [3.05, 3.63) is 34.5 Å². The first-order valence-corrected chi connectivity index (χ1v) is 6.10. The first-order chi connectivity index (χ1) is 9.06. The summed E-state index contributed by atoms with van der Waals surface area (Å²) >= 11 is 6.03. The van der Waals surface area contributed by atoms with E-state index in [0.29, 0.717) is 21.6 Å². The molecule has 0 aliphatic carbocycles. The van der Waals surface area contributed by atoms with E-state index in [1.54, 1.807) is 12.1 Å². The fourth-order valence-electron chi connectivity index (χ4n) is 1.92. The van der Waals surface area contributed by atoms with Gasteiger partial charge in [-0.05, 0) is 24.6 Å². The minimum atomic E-state index is -1.07. The lowest BCUT2D eigenvalue weighted by Gasteiger charge is -2.13. The average Bonchev–Trinajstić information content (AvgIpc) is 2.39. The Balaban J connectivity index is 0.00000200. The monoisotopic (exact) mass is 316 g/mol. The Labute approximate surface area is 127 Å². The van der Waals surface area contributed by atoms with Crippen LogP contribution < -0.4 is 5.32 Å². The van der Waals surface area contributed by atoms with Crippen LogP contribution in [0.25, 0.3) is 10.9 Å². The van der Waals surface area contributed by atoms with Crippen LogP contribution in [0.4, 0.5) is 5.69 Å². The van der Waals surface area contributed by atoms with Crippen molar-refractivity contribution in [1.82, 2.24) is 4.98 Å². The summed E-state index contributed by atoms with van der Waals surface area (Å²) in [5, 5.41) is 22.2. The predicted molar refractivity (Wildman–Crippen MR) is 81.3 cm³/mol. The molecule has 7 heteroatoms. The van der Waals surface area contributed by atoms with Gasteiger partial charge in [-0.25, -0.2) is 4.79 Å². The topological polar surface area (TPSA) is 82.5 Å². The van der Waals surface area contributed by atoms with E-state index in [2.05, 4.69) is 10.3 Å². The number of pyridine rings is 1. The van der Waals surface area contributed by atoms with Crippen molar-refractivity contribution in [1.29, 1.82) is 0 Å². The fourth-order valence-corrected chi connectivity index (χ4v) is 2.07. The largest absolute Gasteiger partial charge is 0.478 e. The molecule has 1 heterocycles. The van der Waals surface area contributed by atoms with Crippen LogP contribution in [0.2, 0.25) is 5.02 Å². The number of aliphatic hydroxyl groups excluding tert-OH is 1. The molecular weight excluding hydrogens is 303 g/mol. The van der Waals surface area contributed by atoms with E-state index in [1.165, 1.54) is 6.20 Å². The molecule has 20 heavy (non-hydrogen) atoms. The smallest absolute Gasteiger partial charge is 0.339 e. The second kappa shape index (κ2) is 6.74. The van der Waals surface area contributed by atoms with E-state index >= 15 is 0 Å². The maximum Gasteiger partial charge on any atom is 0.339 e. The normalized spacial score (nSPS) is 10.2. The molecular formula is C13H14Cl2N2O3. The highest BCUT2D eigenvalue weighted by atomic mass is 35.5. The summed E-state index contributed by atoms with van der Waals surface area (Å²) in [4.78, 5) is 15.4. The van der Waals surface area contributed by atoms with E-state index in [-0.39, 0.29) is 31.1 Å². The van der Waals surface area contributed by atoms with Crippen molar-refractivity contribution in [2.45, 2.75) is 6.92 Å². The molecule has 1 aromatic carbocycles. The lowest BCUT2D eigenvalue weighted by atomic mass is 10.1. The van der Waals surface area contributed by atoms with Gasteiger partial charge in [-0.2, -0.15) is 0 Å². The standard InChI is InChI=1S/C13H13ClN2O3.ClH/c1-7-10(14)3-2-8-11(7)16-6-9(13(18)19)12(8)15-4-5-17;/h2-3,6,17H,4-5H2,1H3,(H,15,16)(H,18,19);1H. The highest BCUT2D eigenvalue weighted by Gasteiger charge is 2.16. The Bertz CT molecular complexity index is 647. The Kier molecular flexibility index (Phi) is 5.56. The Morgan fingerprint density at radius 3 is 2.75 bits per heavy atom. The molecule has 0 radical (unpaired) electrons. The quantitative estimate of drug-likeness (QED) is 0.808. The van der Waals surface area contributed by atoms with Gasteiger partial charge in [-0.3, -0.25) is 4.98 Å². The fraction of sp³-hybridized carbons (Fsp3) is 0.231. The van der Waals surface area contributed by atoms with Crippen LogP contribution in [-0.2, 0) is 0 Å². The van der Waals surface area contributed by atoms with Gasteiger partial charge < -0.3 is 15.5 Å². The number of carbonyl (C=O) groups is 1. The number of carboxylic acids is 1. The van der Waals surface area contributed by atoms with Crippen molar-refractivity contribution in [2.75, 3.05) is 18.5 Å². The van der Waals surface area contributed by atoms with Gasteiger partial charge in [-0.15, -0.1) is 12.4 Å². The van der Waals surface area contributed by atoms with Gasteiger partial charge >= 0.3 is 5.97 Å². The molecule has 1 aromatic heterocycles. The maximum absolute atomic E-state index is 11.2. The molecule has 0 atom stereocenters. The van der Waals surface area contributed by atoms with Crippen LogP contribution in [-0.4, -0.2) is 34.3 Å². The van der Waals surface area contributed by atoms with Gasteiger partial charge in [0, 0.05) is 23.2 Å². The van der Waals surface area contributed by atoms with Gasteiger partial charge in [-0.1, -0.05) is 11.6 Å². The van der Waals surface area contributed by atoms with Crippen LogP contribution in [0.1, 0.15) is 15.9 Å². The second-order valence-electron chi connectivity index (χ2n) is 4.07. The lowest BCUT2D eigenvalue weighted by Crippen LogP contribution is -2.11. The molecule has 5 nitrogen and oxygen atoms in total. The van der Waals surface area contributed by atoms with Crippen molar-refractivity contribution < 1.29 is 15.0 Å². The summed E-state index contributed by atoms with van der Waals surface area (Å²) in [7, 11) is 0. The molecule has 0 fully saturated rings. The van der Waals surface area contributed by atoms with E-state index in [0.717, 1.165) is 5.56 Å². The van der Waals surface area contributed by atoms with Crippen molar-refractivity contribution in [2.24, 2.45) is 0 Å². The number of carboxylic acid groups (broad SMARTS) is 1. The number of fused-ring (bicyclic) bond motifs is 1. The summed E-state index contributed by atoms with van der Waals surface area (Å²) in [6.45, 7) is 2.00. The number of nitrogens with zero attached hydrogens (tertiary/aromatic N) is 1. The minimum Gasteiger partial charge on any atom is -0.478 e. The van der Waals surface area contributed by atoms with E-state index in [4.69, 9.17) is 16.7 Å². The van der Waals surface area contributed by atoms with Gasteiger partial charge in [0.05, 0.1) is 17.8 Å². The van der Waals surface area contributed by atoms with Gasteiger partial charge in [0.25, 0.3) is 0 Å². The molecule has 0 saturated heterocycles. The molecule has 0 saturated carbocycles. The Hall–Kier alpha value is -1.56. The zero-order chi connectivity index (χ0) is 14.0. The van der Waals surface area contributed by atoms with Crippen LogP contribution in [0.15, 0.2) is 18.3 Å². The lowest BCUT2D eigenvalue weighted by molar-refractivity contribution is 0.0697. The second-order valence-corrected chi connectivity index (χ2v) is 4.48. The van der Waals surface area contributed by atoms with Crippen LogP contribution in [0.5, 0.6) is 0 Å². The maximum atomic E-state index is 11.2. The number of aromatic nitrogens is 1. The minimum absolute atomic E-state index is 0. The first-order valence-electron chi connectivity index (χ1n) is 5.72. The molecule has 0 bridgehead atoms. The van der Waals surface area contributed by atoms with Crippen molar-refractivity contribution in [3.8, 4) is 0 Å². The average molecular weight is 317 g/mol. The Morgan fingerprint density at radius 2 is 2.15 bits per heavy atom. The zero-order valence-corrected chi connectivity index (χ0v) is 12.3. The number of hydrogen-bond donors (Lipinski definition) is 3. The van der Waals surface area contributed by atoms with E-state index in [1.807, 2.05) is 6.92 Å². The highest BCUT2D eigenvalue weighted by Crippen LogP contribution is 2.31. The number of anilines is 1. The number of hydrogen-bond acceptors (Lipinski definition) is 4. The summed E-state index contributed by atoms with van der Waals surface area (Å²) in [5.41, 5.74) is 1.97. The number of aryl methyl sites for hydroxylation is 1. The molecule has 3 N–H and O–H groups in total. The zero-order valence-electron chi connectivity index (χ0n) is 10.7. The molecule has 0 unspecified atom stereocenters. The van der Waals surface area contributed by atoms with E-state index < -0.39 is 5.97 Å². The van der Waals surface area contributed by atoms with Crippen molar-refractivity contribution >= 4 is 46.6 Å². The summed E-state index contributed by atoms with van der Waals surface area (Å²) < 4.78 is 0. The third-order valence-electron chi connectivity index (χ3n) is 2.87. The SMILES string of the molecule is Cc1c(Cl)ccc2c(NCCO)c(C(=O)O)cnc12.Cl. The van der Waals surface area contributed by atoms with Crippen molar-refractivity contribution in [3.63, 3.8) is 0 Å². The van der Waals surface area contributed by atoms with Gasteiger partial charge in [0.1, 0.15) is 5.56 Å². The first kappa shape index (κ1) is 16.5. The van der Waals surface area contributed by atoms with Crippen LogP contribution in [0, 0.1) is 6.92 Å². The predicted octanol–water partition coefficient (Wildman–Crippen LogP) is 2.72.